The number of carbonyl (C=O) groups is 2. The molecule has 3 fully saturated rings. The number of nitrogens with one attached hydrogen (secondary N) is 2. The Kier molecular flexibility index (Phi) is 9.07. The van der Waals surface area contributed by atoms with Gasteiger partial charge in [-0.3, -0.25) is 19.8 Å². The minimum Gasteiger partial charge on any atom is -0.436 e. The van der Waals surface area contributed by atoms with E-state index in [0.29, 0.717) is 50.9 Å². The highest BCUT2D eigenvalue weighted by Gasteiger charge is 2.35. The molecule has 1 unspecified atom stereocenters. The van der Waals surface area contributed by atoms with Crippen molar-refractivity contribution in [2.45, 2.75) is 50.3 Å². The molecule has 13 nitrogen and oxygen atoms in total. The summed E-state index contributed by atoms with van der Waals surface area (Å²) in [6, 6.07) is 15.8. The minimum absolute atomic E-state index is 0.138. The Morgan fingerprint density at radius 3 is 2.34 bits per heavy atom. The lowest BCUT2D eigenvalue weighted by atomic mass is 10.00. The summed E-state index contributed by atoms with van der Waals surface area (Å²) in [4.78, 5) is 51.6. The number of likely N-dealkylation sites (tertiary alicyclic amines) is 2. The molecule has 3 aliphatic rings. The van der Waals surface area contributed by atoms with Gasteiger partial charge in [-0.2, -0.15) is 5.10 Å². The zero-order valence-electron chi connectivity index (χ0n) is 26.9. The van der Waals surface area contributed by atoms with Gasteiger partial charge >= 0.3 is 11.8 Å². The molecule has 7 rings (SSSR count). The molecule has 0 saturated carbocycles. The smallest absolute Gasteiger partial charge is 0.410 e. The Balaban J connectivity index is 1.000. The van der Waals surface area contributed by atoms with Crippen molar-refractivity contribution in [3.8, 4) is 11.4 Å². The van der Waals surface area contributed by atoms with Gasteiger partial charge in [-0.15, -0.1) is 5.10 Å². The number of nitrogens with zero attached hydrogens (tertiary/aromatic N) is 7. The number of piperazine rings is 1. The number of aromatic amines is 2. The molecule has 0 aliphatic carbocycles. The van der Waals surface area contributed by atoms with Gasteiger partial charge in [0, 0.05) is 75.8 Å². The highest BCUT2D eigenvalue weighted by Crippen LogP contribution is 2.25. The van der Waals surface area contributed by atoms with E-state index in [1.807, 2.05) is 53.4 Å². The van der Waals surface area contributed by atoms with Gasteiger partial charge in [0.25, 0.3) is 5.91 Å². The molecule has 2 amide bonds. The summed E-state index contributed by atoms with van der Waals surface area (Å²) in [5.41, 5.74) is 2.40. The maximum Gasteiger partial charge on any atom is 0.410 e. The summed E-state index contributed by atoms with van der Waals surface area (Å²) in [5.74, 6) is 0.383. The Bertz CT molecular complexity index is 1730. The molecule has 13 heteroatoms. The van der Waals surface area contributed by atoms with Crippen LogP contribution in [0.3, 0.4) is 0 Å². The van der Waals surface area contributed by atoms with Crippen LogP contribution in [0.25, 0.3) is 22.3 Å². The highest BCUT2D eigenvalue weighted by molar-refractivity contribution is 5.84. The summed E-state index contributed by atoms with van der Waals surface area (Å²) in [6.45, 7) is 6.38. The average Bonchev–Trinajstić information content (AvgIpc) is 3.75. The molecular weight excluding hydrogens is 598 g/mol. The maximum absolute atomic E-state index is 14.0. The zero-order chi connectivity index (χ0) is 32.3. The van der Waals surface area contributed by atoms with Gasteiger partial charge in [0.1, 0.15) is 0 Å². The topological polar surface area (TPSA) is 136 Å². The van der Waals surface area contributed by atoms with Crippen LogP contribution < -0.4 is 5.69 Å². The van der Waals surface area contributed by atoms with Gasteiger partial charge in [0.2, 0.25) is 0 Å². The number of fused-ring (bicyclic) bond motifs is 1. The number of hydrogen-bond donors (Lipinski definition) is 2. The van der Waals surface area contributed by atoms with Gasteiger partial charge in [-0.05, 0) is 50.4 Å². The van der Waals surface area contributed by atoms with E-state index in [-0.39, 0.29) is 24.1 Å². The summed E-state index contributed by atoms with van der Waals surface area (Å²) >= 11 is 0. The molecule has 3 saturated heterocycles. The number of rotatable bonds is 7. The van der Waals surface area contributed by atoms with E-state index in [1.54, 1.807) is 11.1 Å². The molecule has 1 atom stereocenters. The monoisotopic (exact) mass is 641 g/mol. The Labute approximate surface area is 273 Å². The molecule has 2 aromatic heterocycles. The lowest BCUT2D eigenvalue weighted by molar-refractivity contribution is -0.142. The summed E-state index contributed by atoms with van der Waals surface area (Å²) in [6.07, 6.45) is 3.55. The third kappa shape index (κ3) is 6.96. The number of H-pyrrole nitrogens is 2. The van der Waals surface area contributed by atoms with Crippen LogP contribution >= 0.6 is 0 Å². The lowest BCUT2D eigenvalue weighted by Crippen LogP contribution is -2.54. The first-order valence-electron chi connectivity index (χ1n) is 16.7. The number of benzene rings is 2. The lowest BCUT2D eigenvalue weighted by Gasteiger charge is -2.42. The number of hydrogen-bond acceptors (Lipinski definition) is 8. The number of ether oxygens (including phenoxy) is 1. The van der Waals surface area contributed by atoms with Crippen LogP contribution in [0.5, 0.6) is 0 Å². The molecule has 3 aliphatic heterocycles. The molecule has 2 N–H and O–H groups in total. The fraction of sp³-hybridized carbons (Fsp3) is 0.500. The van der Waals surface area contributed by atoms with Gasteiger partial charge in [-0.25, -0.2) is 14.3 Å². The second-order valence-electron chi connectivity index (χ2n) is 13.1. The van der Waals surface area contributed by atoms with E-state index in [4.69, 9.17) is 4.74 Å². The maximum atomic E-state index is 14.0. The van der Waals surface area contributed by atoms with Crippen molar-refractivity contribution < 1.29 is 14.3 Å². The van der Waals surface area contributed by atoms with Crippen molar-refractivity contribution in [2.24, 2.45) is 0 Å². The first-order valence-corrected chi connectivity index (χ1v) is 16.7. The number of aromatic nitrogens is 5. The van der Waals surface area contributed by atoms with Crippen molar-refractivity contribution >= 4 is 22.9 Å². The van der Waals surface area contributed by atoms with E-state index in [2.05, 4.69) is 37.1 Å². The van der Waals surface area contributed by atoms with Gasteiger partial charge in [0.15, 0.2) is 11.9 Å². The van der Waals surface area contributed by atoms with Crippen molar-refractivity contribution in [3.05, 3.63) is 70.8 Å². The van der Waals surface area contributed by atoms with Crippen LogP contribution in [0.2, 0.25) is 0 Å². The molecule has 0 spiro atoms. The van der Waals surface area contributed by atoms with E-state index in [9.17, 15) is 14.4 Å². The third-order valence-electron chi connectivity index (χ3n) is 10.0. The molecule has 47 heavy (non-hydrogen) atoms. The fourth-order valence-electron chi connectivity index (χ4n) is 7.15. The van der Waals surface area contributed by atoms with Crippen molar-refractivity contribution in [2.75, 3.05) is 59.4 Å². The number of amides is 2. The number of carbonyl (C=O) groups excluding carboxylic acids is 2. The Morgan fingerprint density at radius 1 is 0.894 bits per heavy atom. The molecule has 0 bridgehead atoms. The zero-order valence-corrected chi connectivity index (χ0v) is 26.9. The molecular formula is C34H43N9O4. The predicted octanol–water partition coefficient (Wildman–Crippen LogP) is 2.74. The van der Waals surface area contributed by atoms with E-state index in [1.165, 1.54) is 4.68 Å². The SMILES string of the molecule is CN1CCN(C2CCN(C(=O)C(Cc3ccc4[nH]ncc4c3)OC(=O)N3CCC(n4nc(-c5ccccc5)[nH]c4=O)CC3)CC2)CC1. The highest BCUT2D eigenvalue weighted by atomic mass is 16.6. The molecule has 5 heterocycles. The summed E-state index contributed by atoms with van der Waals surface area (Å²) in [5, 5.41) is 12.6. The molecule has 0 radical (unpaired) electrons. The minimum atomic E-state index is -0.938. The second kappa shape index (κ2) is 13.7. The largest absolute Gasteiger partial charge is 0.436 e. The van der Waals surface area contributed by atoms with E-state index in [0.717, 1.165) is 61.1 Å². The second-order valence-corrected chi connectivity index (χ2v) is 13.1. The number of likely N-dealkylation sites (N-methyl/N-ethyl adjacent to an activating group) is 1. The van der Waals surface area contributed by atoms with Crippen molar-refractivity contribution in [1.82, 2.24) is 44.6 Å². The Hall–Kier alpha value is -4.49. The van der Waals surface area contributed by atoms with Crippen LogP contribution in [0.4, 0.5) is 4.79 Å². The first kappa shape index (κ1) is 31.1. The third-order valence-corrected chi connectivity index (χ3v) is 10.0. The van der Waals surface area contributed by atoms with Crippen LogP contribution in [0, 0.1) is 0 Å². The van der Waals surface area contributed by atoms with Gasteiger partial charge in [-0.1, -0.05) is 36.4 Å². The van der Waals surface area contributed by atoms with Crippen LogP contribution in [-0.2, 0) is 16.0 Å². The normalized spacial score (nSPS) is 19.7. The molecule has 4 aromatic rings. The van der Waals surface area contributed by atoms with Crippen LogP contribution in [0.1, 0.15) is 37.3 Å². The first-order chi connectivity index (χ1) is 22.9. The van der Waals surface area contributed by atoms with Crippen molar-refractivity contribution in [3.63, 3.8) is 0 Å². The Morgan fingerprint density at radius 2 is 1.60 bits per heavy atom. The molecule has 2 aromatic carbocycles. The predicted molar refractivity (Wildman–Crippen MR) is 177 cm³/mol. The number of piperidine rings is 2. The van der Waals surface area contributed by atoms with Crippen LogP contribution in [-0.4, -0.2) is 128 Å². The molecule has 248 valence electrons. The summed E-state index contributed by atoms with van der Waals surface area (Å²) < 4.78 is 7.55. The summed E-state index contributed by atoms with van der Waals surface area (Å²) in [7, 11) is 2.16. The quantitative estimate of drug-likeness (QED) is 0.315. The van der Waals surface area contributed by atoms with E-state index >= 15 is 0 Å². The van der Waals surface area contributed by atoms with E-state index < -0.39 is 12.2 Å². The van der Waals surface area contributed by atoms with Gasteiger partial charge in [0.05, 0.1) is 17.8 Å². The average molecular weight is 642 g/mol. The fourth-order valence-corrected chi connectivity index (χ4v) is 7.15. The van der Waals surface area contributed by atoms with Gasteiger partial charge < -0.3 is 19.4 Å². The van der Waals surface area contributed by atoms with Crippen molar-refractivity contribution in [1.29, 1.82) is 0 Å². The standard InChI is InChI=1S/C34H43N9O4/c1-39-17-19-40(20-18-39)27-9-13-41(14-10-27)32(44)30(22-24-7-8-29-26(21-24)23-35-37-29)47-34(46)42-15-11-28(12-16-42)43-33(45)36-31(38-43)25-5-3-2-4-6-25/h2-8,21,23,27-28,30H,9-20,22H2,1H3,(H,35,37)(H,36,38,45). The van der Waals surface area contributed by atoms with Crippen LogP contribution in [0.15, 0.2) is 59.5 Å².